The Kier molecular flexibility index (Phi) is 10.2. The number of halogens is 1. The second-order valence-electron chi connectivity index (χ2n) is 8.50. The van der Waals surface area contributed by atoms with Gasteiger partial charge in [0.15, 0.2) is 0 Å². The molecule has 0 radical (unpaired) electrons. The van der Waals surface area contributed by atoms with E-state index in [0.29, 0.717) is 13.0 Å². The van der Waals surface area contributed by atoms with Crippen LogP contribution in [0, 0.1) is 12.7 Å². The lowest BCUT2D eigenvalue weighted by atomic mass is 10.1. The standard InChI is InChI=1S/C25H35FN4O4S/c1-6-15-27-25(32)23(7-2)29(17-20-10-8-9-19(3)16-20)24(31)18-30(35(33,34)28(4)5)22-13-11-21(26)12-14-22/h8-14,16,23H,6-7,15,17-18H2,1-5H3,(H,27,32)/t23-/m0/s1. The number of hydrogen-bond donors (Lipinski definition) is 1. The fourth-order valence-corrected chi connectivity index (χ4v) is 4.67. The molecule has 0 aromatic heterocycles. The van der Waals surface area contributed by atoms with Crippen molar-refractivity contribution in [2.24, 2.45) is 0 Å². The first-order valence-electron chi connectivity index (χ1n) is 11.6. The van der Waals surface area contributed by atoms with Gasteiger partial charge in [-0.25, -0.2) is 8.70 Å². The monoisotopic (exact) mass is 506 g/mol. The van der Waals surface area contributed by atoms with E-state index in [1.54, 1.807) is 6.92 Å². The van der Waals surface area contributed by atoms with Gasteiger partial charge in [0.1, 0.15) is 18.4 Å². The second-order valence-corrected chi connectivity index (χ2v) is 10.6. The average Bonchev–Trinajstić information content (AvgIpc) is 2.81. The molecule has 2 amide bonds. The summed E-state index contributed by atoms with van der Waals surface area (Å²) in [5, 5.41) is 2.84. The van der Waals surface area contributed by atoms with E-state index in [4.69, 9.17) is 0 Å². The van der Waals surface area contributed by atoms with Crippen LogP contribution < -0.4 is 9.62 Å². The maximum atomic E-state index is 13.7. The van der Waals surface area contributed by atoms with E-state index in [9.17, 15) is 22.4 Å². The van der Waals surface area contributed by atoms with Gasteiger partial charge in [-0.2, -0.15) is 12.7 Å². The number of nitrogens with one attached hydrogen (secondary N) is 1. The van der Waals surface area contributed by atoms with E-state index >= 15 is 0 Å². The zero-order chi connectivity index (χ0) is 26.2. The molecule has 0 saturated heterocycles. The Hall–Kier alpha value is -2.98. The SMILES string of the molecule is CCCNC(=O)[C@H](CC)N(Cc1cccc(C)c1)C(=O)CN(c1ccc(F)cc1)S(=O)(=O)N(C)C. The number of carbonyl (C=O) groups excluding carboxylic acids is 2. The topological polar surface area (TPSA) is 90.0 Å². The third-order valence-corrected chi connectivity index (χ3v) is 7.32. The molecule has 10 heteroatoms. The minimum atomic E-state index is -4.08. The van der Waals surface area contributed by atoms with Crippen molar-refractivity contribution in [2.45, 2.75) is 46.2 Å². The number of anilines is 1. The predicted octanol–water partition coefficient (Wildman–Crippen LogP) is 3.08. The molecule has 0 aliphatic carbocycles. The fourth-order valence-electron chi connectivity index (χ4n) is 3.62. The van der Waals surface area contributed by atoms with E-state index in [2.05, 4.69) is 5.32 Å². The largest absolute Gasteiger partial charge is 0.354 e. The van der Waals surface area contributed by atoms with Crippen LogP contribution in [-0.2, 0) is 26.3 Å². The van der Waals surface area contributed by atoms with Gasteiger partial charge in [-0.1, -0.05) is 43.7 Å². The summed E-state index contributed by atoms with van der Waals surface area (Å²) >= 11 is 0. The Balaban J connectivity index is 2.48. The van der Waals surface area contributed by atoms with Crippen LogP contribution in [0.1, 0.15) is 37.8 Å². The lowest BCUT2D eigenvalue weighted by molar-refractivity contribution is -0.140. The molecule has 0 bridgehead atoms. The van der Waals surface area contributed by atoms with E-state index in [0.717, 1.165) is 38.3 Å². The van der Waals surface area contributed by atoms with Gasteiger partial charge in [-0.15, -0.1) is 0 Å². The van der Waals surface area contributed by atoms with Gasteiger partial charge in [0.05, 0.1) is 5.69 Å². The Bertz CT molecular complexity index is 1110. The molecule has 192 valence electrons. The first-order chi connectivity index (χ1) is 16.5. The van der Waals surface area contributed by atoms with Crippen molar-refractivity contribution in [2.75, 3.05) is 31.5 Å². The number of rotatable bonds is 12. The maximum Gasteiger partial charge on any atom is 0.304 e. The van der Waals surface area contributed by atoms with Crippen molar-refractivity contribution in [1.82, 2.24) is 14.5 Å². The van der Waals surface area contributed by atoms with Crippen LogP contribution in [0.2, 0.25) is 0 Å². The molecule has 0 saturated carbocycles. The Morgan fingerprint density at radius 3 is 2.26 bits per heavy atom. The molecule has 1 N–H and O–H groups in total. The third kappa shape index (κ3) is 7.50. The minimum Gasteiger partial charge on any atom is -0.354 e. The first-order valence-corrected chi connectivity index (χ1v) is 13.0. The van der Waals surface area contributed by atoms with Crippen LogP contribution in [0.4, 0.5) is 10.1 Å². The number of aryl methyl sites for hydroxylation is 1. The Morgan fingerprint density at radius 2 is 1.71 bits per heavy atom. The summed E-state index contributed by atoms with van der Waals surface area (Å²) in [6, 6.07) is 11.7. The highest BCUT2D eigenvalue weighted by Gasteiger charge is 2.33. The number of benzene rings is 2. The molecule has 8 nitrogen and oxygen atoms in total. The fraction of sp³-hybridized carbons (Fsp3) is 0.440. The lowest BCUT2D eigenvalue weighted by Crippen LogP contribution is -2.53. The van der Waals surface area contributed by atoms with Crippen LogP contribution >= 0.6 is 0 Å². The molecule has 0 spiro atoms. The Labute approximate surface area is 207 Å². The third-order valence-electron chi connectivity index (χ3n) is 5.50. The van der Waals surface area contributed by atoms with E-state index in [1.807, 2.05) is 38.1 Å². The van der Waals surface area contributed by atoms with Gasteiger partial charge < -0.3 is 10.2 Å². The zero-order valence-corrected chi connectivity index (χ0v) is 21.8. The van der Waals surface area contributed by atoms with Crippen molar-refractivity contribution < 1.29 is 22.4 Å². The number of amides is 2. The second kappa shape index (κ2) is 12.6. The first kappa shape index (κ1) is 28.3. The summed E-state index contributed by atoms with van der Waals surface area (Å²) in [5.41, 5.74) is 1.97. The molecule has 1 atom stereocenters. The van der Waals surface area contributed by atoms with Gasteiger partial charge in [0.2, 0.25) is 11.8 Å². The lowest BCUT2D eigenvalue weighted by Gasteiger charge is -2.34. The van der Waals surface area contributed by atoms with Gasteiger partial charge >= 0.3 is 10.2 Å². The number of hydrogen-bond acceptors (Lipinski definition) is 4. The van der Waals surface area contributed by atoms with Crippen molar-refractivity contribution in [1.29, 1.82) is 0 Å². The number of nitrogens with zero attached hydrogens (tertiary/aromatic N) is 3. The van der Waals surface area contributed by atoms with Crippen LogP contribution in [0.15, 0.2) is 48.5 Å². The molecule has 35 heavy (non-hydrogen) atoms. The normalized spacial score (nSPS) is 12.3. The van der Waals surface area contributed by atoms with Gasteiger partial charge in [-0.3, -0.25) is 9.59 Å². The smallest absolute Gasteiger partial charge is 0.304 e. The summed E-state index contributed by atoms with van der Waals surface area (Å²) in [7, 11) is -1.37. The maximum absolute atomic E-state index is 13.7. The van der Waals surface area contributed by atoms with E-state index in [1.165, 1.54) is 31.1 Å². The van der Waals surface area contributed by atoms with Crippen LogP contribution in [-0.4, -0.2) is 62.7 Å². The summed E-state index contributed by atoms with van der Waals surface area (Å²) < 4.78 is 41.6. The molecule has 2 rings (SSSR count). The molecule has 0 heterocycles. The summed E-state index contributed by atoms with van der Waals surface area (Å²) in [5.74, 6) is -1.36. The number of carbonyl (C=O) groups is 2. The van der Waals surface area contributed by atoms with Crippen LogP contribution in [0.25, 0.3) is 0 Å². The summed E-state index contributed by atoms with van der Waals surface area (Å²) in [4.78, 5) is 28.0. The summed E-state index contributed by atoms with van der Waals surface area (Å²) in [6.07, 6.45) is 1.09. The highest BCUT2D eigenvalue weighted by atomic mass is 32.2. The summed E-state index contributed by atoms with van der Waals surface area (Å²) in [6.45, 7) is 5.73. The molecule has 0 unspecified atom stereocenters. The van der Waals surface area contributed by atoms with Gasteiger partial charge in [0.25, 0.3) is 0 Å². The molecule has 2 aromatic carbocycles. The van der Waals surface area contributed by atoms with Crippen molar-refractivity contribution >= 4 is 27.7 Å². The average molecular weight is 507 g/mol. The van der Waals surface area contributed by atoms with E-state index in [-0.39, 0.29) is 18.1 Å². The highest BCUT2D eigenvalue weighted by Crippen LogP contribution is 2.22. The quantitative estimate of drug-likeness (QED) is 0.479. The van der Waals surface area contributed by atoms with Gasteiger partial charge in [0, 0.05) is 27.2 Å². The minimum absolute atomic E-state index is 0.137. The van der Waals surface area contributed by atoms with E-state index < -0.39 is 34.5 Å². The van der Waals surface area contributed by atoms with Crippen molar-refractivity contribution in [3.05, 3.63) is 65.5 Å². The molecule has 0 fully saturated rings. The van der Waals surface area contributed by atoms with Crippen LogP contribution in [0.5, 0.6) is 0 Å². The molecule has 0 aliphatic heterocycles. The van der Waals surface area contributed by atoms with Crippen LogP contribution in [0.3, 0.4) is 0 Å². The highest BCUT2D eigenvalue weighted by molar-refractivity contribution is 7.90. The Morgan fingerprint density at radius 1 is 1.06 bits per heavy atom. The molecular formula is C25H35FN4O4S. The molecule has 2 aromatic rings. The van der Waals surface area contributed by atoms with Crippen molar-refractivity contribution in [3.8, 4) is 0 Å². The predicted molar refractivity (Wildman–Crippen MR) is 135 cm³/mol. The van der Waals surface area contributed by atoms with Gasteiger partial charge in [-0.05, 0) is 49.6 Å². The van der Waals surface area contributed by atoms with Crippen molar-refractivity contribution in [3.63, 3.8) is 0 Å². The zero-order valence-electron chi connectivity index (χ0n) is 21.0. The molecule has 0 aliphatic rings. The molecular weight excluding hydrogens is 471 g/mol.